The number of sulfone groups is 1. The van der Waals surface area contributed by atoms with Gasteiger partial charge in [0.1, 0.15) is 0 Å². The van der Waals surface area contributed by atoms with Gasteiger partial charge in [-0.15, -0.1) is 12.4 Å². The van der Waals surface area contributed by atoms with Gasteiger partial charge in [-0.05, 0) is 24.1 Å². The van der Waals surface area contributed by atoms with Crippen LogP contribution in [-0.4, -0.2) is 49.0 Å². The van der Waals surface area contributed by atoms with Crippen molar-refractivity contribution in [2.45, 2.75) is 26.3 Å². The van der Waals surface area contributed by atoms with Crippen molar-refractivity contribution in [1.82, 2.24) is 9.47 Å². The highest BCUT2D eigenvalue weighted by atomic mass is 35.5. The van der Waals surface area contributed by atoms with Gasteiger partial charge >= 0.3 is 4.87 Å². The topological polar surface area (TPSA) is 59.4 Å². The van der Waals surface area contributed by atoms with Gasteiger partial charge in [0, 0.05) is 26.2 Å². The van der Waals surface area contributed by atoms with Crippen LogP contribution < -0.4 is 4.87 Å². The second kappa shape index (κ2) is 7.99. The average Bonchev–Trinajstić information content (AvgIpc) is 2.81. The lowest BCUT2D eigenvalue weighted by atomic mass is 10.1. The molecule has 5 nitrogen and oxygen atoms in total. The second-order valence-electron chi connectivity index (χ2n) is 6.07. The van der Waals surface area contributed by atoms with Crippen molar-refractivity contribution in [3.05, 3.63) is 33.4 Å². The van der Waals surface area contributed by atoms with E-state index in [9.17, 15) is 13.2 Å². The highest BCUT2D eigenvalue weighted by Gasteiger charge is 2.21. The zero-order valence-corrected chi connectivity index (χ0v) is 16.2. The lowest BCUT2D eigenvalue weighted by Gasteiger charge is -2.26. The third kappa shape index (κ3) is 4.39. The summed E-state index contributed by atoms with van der Waals surface area (Å²) in [4.78, 5) is 14.4. The van der Waals surface area contributed by atoms with Crippen LogP contribution in [-0.2, 0) is 22.8 Å². The minimum absolute atomic E-state index is 0. The SMILES string of the molecule is CCCc1ccc2c(c1)sc(=O)n2CCN1CCS(=O)(=O)CC1.Cl. The first kappa shape index (κ1) is 19.4. The zero-order chi connectivity index (χ0) is 16.4. The second-order valence-corrected chi connectivity index (χ2v) is 9.36. The third-order valence-electron chi connectivity index (χ3n) is 4.35. The van der Waals surface area contributed by atoms with Crippen LogP contribution in [0.3, 0.4) is 0 Å². The Labute approximate surface area is 152 Å². The van der Waals surface area contributed by atoms with E-state index in [1.165, 1.54) is 16.9 Å². The first-order valence-corrected chi connectivity index (χ1v) is 10.7. The molecule has 1 saturated heterocycles. The molecule has 0 aliphatic carbocycles. The fraction of sp³-hybridized carbons (Fsp3) is 0.562. The van der Waals surface area contributed by atoms with Crippen LogP contribution in [0.1, 0.15) is 18.9 Å². The molecule has 1 aliphatic heterocycles. The minimum atomic E-state index is -2.85. The molecule has 0 atom stereocenters. The molecule has 0 spiro atoms. The molecule has 1 fully saturated rings. The standard InChI is InChI=1S/C16H22N2O3S2.ClH/c1-2-3-13-4-5-14-15(12-13)22-16(19)18(14)7-6-17-8-10-23(20,21)11-9-17;/h4-5,12H,2-3,6-11H2,1H3;1H. The minimum Gasteiger partial charge on any atom is -0.300 e. The zero-order valence-electron chi connectivity index (χ0n) is 13.7. The van der Waals surface area contributed by atoms with Crippen LogP contribution in [0.25, 0.3) is 10.2 Å². The molecule has 134 valence electrons. The number of aromatic nitrogens is 1. The van der Waals surface area contributed by atoms with Crippen LogP contribution in [0.4, 0.5) is 0 Å². The number of benzene rings is 1. The number of nitrogens with zero attached hydrogens (tertiary/aromatic N) is 2. The highest BCUT2D eigenvalue weighted by Crippen LogP contribution is 2.20. The average molecular weight is 391 g/mol. The van der Waals surface area contributed by atoms with Crippen molar-refractivity contribution in [2.24, 2.45) is 0 Å². The van der Waals surface area contributed by atoms with Crippen molar-refractivity contribution in [3.63, 3.8) is 0 Å². The van der Waals surface area contributed by atoms with E-state index in [1.54, 1.807) is 0 Å². The predicted molar refractivity (Wildman–Crippen MR) is 102 cm³/mol. The van der Waals surface area contributed by atoms with Crippen LogP contribution >= 0.6 is 23.7 Å². The Morgan fingerprint density at radius 1 is 1.17 bits per heavy atom. The fourth-order valence-corrected chi connectivity index (χ4v) is 5.24. The van der Waals surface area contributed by atoms with Crippen LogP contribution in [0, 0.1) is 0 Å². The van der Waals surface area contributed by atoms with E-state index in [1.807, 2.05) is 10.6 Å². The van der Waals surface area contributed by atoms with Crippen molar-refractivity contribution >= 4 is 43.8 Å². The number of hydrogen-bond donors (Lipinski definition) is 0. The molecule has 24 heavy (non-hydrogen) atoms. The molecule has 8 heteroatoms. The molecule has 0 N–H and O–H groups in total. The number of halogens is 1. The lowest BCUT2D eigenvalue weighted by Crippen LogP contribution is -2.42. The number of aryl methyl sites for hydroxylation is 1. The summed E-state index contributed by atoms with van der Waals surface area (Å²) in [7, 11) is -2.85. The Morgan fingerprint density at radius 2 is 1.88 bits per heavy atom. The molecular formula is C16H23ClN2O3S2. The van der Waals surface area contributed by atoms with Crippen molar-refractivity contribution in [3.8, 4) is 0 Å². The van der Waals surface area contributed by atoms with Gasteiger partial charge < -0.3 is 0 Å². The third-order valence-corrected chi connectivity index (χ3v) is 6.90. The van der Waals surface area contributed by atoms with Crippen molar-refractivity contribution in [2.75, 3.05) is 31.1 Å². The van der Waals surface area contributed by atoms with Crippen LogP contribution in [0.2, 0.25) is 0 Å². The molecule has 0 radical (unpaired) electrons. The monoisotopic (exact) mass is 390 g/mol. The molecule has 1 aliphatic rings. The molecule has 0 amide bonds. The molecule has 1 aromatic heterocycles. The Kier molecular flexibility index (Phi) is 6.47. The lowest BCUT2D eigenvalue weighted by molar-refractivity contribution is 0.284. The van der Waals surface area contributed by atoms with E-state index in [0.717, 1.165) is 29.6 Å². The van der Waals surface area contributed by atoms with E-state index in [0.29, 0.717) is 19.6 Å². The number of rotatable bonds is 5. The quantitative estimate of drug-likeness (QED) is 0.785. The Morgan fingerprint density at radius 3 is 2.54 bits per heavy atom. The Bertz CT molecular complexity index is 844. The van der Waals surface area contributed by atoms with Gasteiger partial charge in [0.05, 0.1) is 21.7 Å². The number of hydrogen-bond acceptors (Lipinski definition) is 5. The first-order valence-electron chi connectivity index (χ1n) is 8.03. The highest BCUT2D eigenvalue weighted by molar-refractivity contribution is 7.91. The van der Waals surface area contributed by atoms with Crippen LogP contribution in [0.5, 0.6) is 0 Å². The molecule has 2 aromatic rings. The molecule has 3 rings (SSSR count). The van der Waals surface area contributed by atoms with E-state index in [2.05, 4.69) is 24.0 Å². The van der Waals surface area contributed by atoms with Gasteiger partial charge in [-0.3, -0.25) is 14.3 Å². The summed E-state index contributed by atoms with van der Waals surface area (Å²) in [5, 5.41) is 0. The summed E-state index contributed by atoms with van der Waals surface area (Å²) in [5.74, 6) is 0.458. The summed E-state index contributed by atoms with van der Waals surface area (Å²) in [6, 6.07) is 6.26. The normalized spacial score (nSPS) is 17.7. The fourth-order valence-electron chi connectivity index (χ4n) is 2.98. The maximum atomic E-state index is 12.3. The summed E-state index contributed by atoms with van der Waals surface area (Å²) in [6.45, 7) is 4.63. The number of thiazole rings is 1. The smallest absolute Gasteiger partial charge is 0.300 e. The van der Waals surface area contributed by atoms with E-state index in [-0.39, 0.29) is 28.8 Å². The molecular weight excluding hydrogens is 368 g/mol. The predicted octanol–water partition coefficient (Wildman–Crippen LogP) is 2.17. The molecule has 0 bridgehead atoms. The van der Waals surface area contributed by atoms with Gasteiger partial charge in [0.25, 0.3) is 0 Å². The maximum Gasteiger partial charge on any atom is 0.308 e. The summed E-state index contributed by atoms with van der Waals surface area (Å²) in [5.41, 5.74) is 2.26. The van der Waals surface area contributed by atoms with Crippen LogP contribution in [0.15, 0.2) is 23.0 Å². The molecule has 0 unspecified atom stereocenters. The van der Waals surface area contributed by atoms with Gasteiger partial charge in [0.15, 0.2) is 9.84 Å². The van der Waals surface area contributed by atoms with Gasteiger partial charge in [-0.1, -0.05) is 30.7 Å². The van der Waals surface area contributed by atoms with Gasteiger partial charge in [-0.2, -0.15) is 0 Å². The van der Waals surface area contributed by atoms with Crippen molar-refractivity contribution < 1.29 is 8.42 Å². The van der Waals surface area contributed by atoms with E-state index in [4.69, 9.17) is 0 Å². The maximum absolute atomic E-state index is 12.3. The van der Waals surface area contributed by atoms with Gasteiger partial charge in [0.2, 0.25) is 0 Å². The van der Waals surface area contributed by atoms with Gasteiger partial charge in [-0.25, -0.2) is 8.42 Å². The first-order chi connectivity index (χ1) is 11.0. The van der Waals surface area contributed by atoms with E-state index < -0.39 is 9.84 Å². The van der Waals surface area contributed by atoms with E-state index >= 15 is 0 Å². The Balaban J connectivity index is 0.00000208. The molecule has 2 heterocycles. The molecule has 1 aromatic carbocycles. The van der Waals surface area contributed by atoms with Crippen molar-refractivity contribution in [1.29, 1.82) is 0 Å². The Hall–Kier alpha value is -0.890. The molecule has 0 saturated carbocycles. The largest absolute Gasteiger partial charge is 0.308 e. The summed E-state index contributed by atoms with van der Waals surface area (Å²) >= 11 is 1.30. The number of fused-ring (bicyclic) bond motifs is 1. The summed E-state index contributed by atoms with van der Waals surface area (Å²) in [6.07, 6.45) is 2.13. The summed E-state index contributed by atoms with van der Waals surface area (Å²) < 4.78 is 25.8.